The summed E-state index contributed by atoms with van der Waals surface area (Å²) in [6, 6.07) is 9.71. The van der Waals surface area contributed by atoms with E-state index in [9.17, 15) is 9.59 Å². The predicted molar refractivity (Wildman–Crippen MR) is 118 cm³/mol. The van der Waals surface area contributed by atoms with Gasteiger partial charge in [-0.3, -0.25) is 18.3 Å². The van der Waals surface area contributed by atoms with E-state index in [0.29, 0.717) is 30.1 Å². The second-order valence-corrected chi connectivity index (χ2v) is 7.28. The second-order valence-electron chi connectivity index (χ2n) is 7.28. The maximum Gasteiger partial charge on any atom is 0.332 e. The SMILES string of the molecule is Cc1cn2c3c(=O)n(CC=Cc4ccccc4)c(=O)n(C)c3nc2n1CCOCCO. The summed E-state index contributed by atoms with van der Waals surface area (Å²) in [5, 5.41) is 8.86. The Labute approximate surface area is 178 Å². The molecule has 3 aromatic heterocycles. The van der Waals surface area contributed by atoms with E-state index in [-0.39, 0.29) is 25.3 Å². The Kier molecular flexibility index (Phi) is 5.88. The molecule has 4 rings (SSSR count). The van der Waals surface area contributed by atoms with Crippen LogP contribution in [0.15, 0.2) is 52.2 Å². The van der Waals surface area contributed by atoms with Gasteiger partial charge in [0.1, 0.15) is 0 Å². The van der Waals surface area contributed by atoms with Gasteiger partial charge in [-0.1, -0.05) is 42.5 Å². The lowest BCUT2D eigenvalue weighted by Crippen LogP contribution is -2.39. The van der Waals surface area contributed by atoms with Gasteiger partial charge in [-0.25, -0.2) is 4.79 Å². The number of rotatable bonds is 8. The molecule has 0 aliphatic heterocycles. The summed E-state index contributed by atoms with van der Waals surface area (Å²) in [4.78, 5) is 30.6. The zero-order chi connectivity index (χ0) is 22.0. The maximum atomic E-state index is 13.2. The second kappa shape index (κ2) is 8.75. The lowest BCUT2D eigenvalue weighted by atomic mass is 10.2. The highest BCUT2D eigenvalue weighted by molar-refractivity contribution is 5.75. The van der Waals surface area contributed by atoms with E-state index in [1.165, 1.54) is 9.13 Å². The zero-order valence-corrected chi connectivity index (χ0v) is 17.6. The van der Waals surface area contributed by atoms with Gasteiger partial charge in [-0.05, 0) is 12.5 Å². The molecule has 0 radical (unpaired) electrons. The molecule has 0 spiro atoms. The molecule has 0 amide bonds. The summed E-state index contributed by atoms with van der Waals surface area (Å²) >= 11 is 0. The first-order chi connectivity index (χ1) is 15.0. The molecule has 1 aromatic carbocycles. The molecule has 0 bridgehead atoms. The zero-order valence-electron chi connectivity index (χ0n) is 17.6. The molecule has 9 nitrogen and oxygen atoms in total. The molecule has 4 aromatic rings. The van der Waals surface area contributed by atoms with Crippen molar-refractivity contribution in [2.24, 2.45) is 7.05 Å². The van der Waals surface area contributed by atoms with Crippen molar-refractivity contribution in [3.05, 3.63) is 74.7 Å². The minimum absolute atomic E-state index is 0.0340. The van der Waals surface area contributed by atoms with Crippen molar-refractivity contribution in [1.82, 2.24) is 23.1 Å². The minimum atomic E-state index is -0.412. The lowest BCUT2D eigenvalue weighted by molar-refractivity contribution is 0.0872. The van der Waals surface area contributed by atoms with E-state index < -0.39 is 5.69 Å². The molecule has 0 unspecified atom stereocenters. The van der Waals surface area contributed by atoms with Gasteiger partial charge in [0.15, 0.2) is 11.2 Å². The number of aryl methyl sites for hydroxylation is 2. The van der Waals surface area contributed by atoms with Crippen molar-refractivity contribution < 1.29 is 9.84 Å². The fourth-order valence-corrected chi connectivity index (χ4v) is 3.67. The Hall–Kier alpha value is -3.43. The number of aliphatic hydroxyl groups excluding tert-OH is 1. The lowest BCUT2D eigenvalue weighted by Gasteiger charge is -2.06. The topological polar surface area (TPSA) is 95.7 Å². The van der Waals surface area contributed by atoms with E-state index in [0.717, 1.165) is 11.3 Å². The fraction of sp³-hybridized carbons (Fsp3) is 0.318. The van der Waals surface area contributed by atoms with Gasteiger partial charge < -0.3 is 14.4 Å². The number of fused-ring (bicyclic) bond motifs is 3. The number of aliphatic hydroxyl groups is 1. The Bertz CT molecular complexity index is 1360. The Balaban J connectivity index is 1.76. The number of imidazole rings is 2. The highest BCUT2D eigenvalue weighted by atomic mass is 16.5. The van der Waals surface area contributed by atoms with Crippen molar-refractivity contribution >= 4 is 23.0 Å². The largest absolute Gasteiger partial charge is 0.394 e. The van der Waals surface area contributed by atoms with Crippen LogP contribution in [-0.2, 0) is 24.9 Å². The molecule has 1 N–H and O–H groups in total. The van der Waals surface area contributed by atoms with Crippen molar-refractivity contribution in [3.63, 3.8) is 0 Å². The molecule has 0 saturated heterocycles. The van der Waals surface area contributed by atoms with Crippen molar-refractivity contribution in [2.75, 3.05) is 19.8 Å². The first-order valence-corrected chi connectivity index (χ1v) is 10.1. The van der Waals surface area contributed by atoms with Gasteiger partial charge in [0.25, 0.3) is 5.56 Å². The van der Waals surface area contributed by atoms with Gasteiger partial charge >= 0.3 is 5.69 Å². The van der Waals surface area contributed by atoms with Crippen LogP contribution >= 0.6 is 0 Å². The number of allylic oxidation sites excluding steroid dienone is 1. The van der Waals surface area contributed by atoms with Crippen LogP contribution in [0, 0.1) is 6.92 Å². The quantitative estimate of drug-likeness (QED) is 0.430. The first-order valence-electron chi connectivity index (χ1n) is 10.1. The monoisotopic (exact) mass is 423 g/mol. The van der Waals surface area contributed by atoms with Gasteiger partial charge in [0.05, 0.1) is 19.8 Å². The van der Waals surface area contributed by atoms with E-state index in [1.807, 2.05) is 54.1 Å². The van der Waals surface area contributed by atoms with E-state index >= 15 is 0 Å². The number of hydrogen-bond donors (Lipinski definition) is 1. The molecule has 0 fully saturated rings. The molecule has 0 aliphatic carbocycles. The van der Waals surface area contributed by atoms with Gasteiger partial charge in [-0.2, -0.15) is 4.98 Å². The van der Waals surface area contributed by atoms with Crippen molar-refractivity contribution in [2.45, 2.75) is 20.0 Å². The third kappa shape index (κ3) is 3.85. The average molecular weight is 423 g/mol. The molecule has 162 valence electrons. The summed E-state index contributed by atoms with van der Waals surface area (Å²) in [7, 11) is 1.62. The maximum absolute atomic E-state index is 13.2. The summed E-state index contributed by atoms with van der Waals surface area (Å²) in [6.45, 7) is 3.25. The first kappa shape index (κ1) is 20.8. The summed E-state index contributed by atoms with van der Waals surface area (Å²) in [5.74, 6) is 0.574. The van der Waals surface area contributed by atoms with Crippen LogP contribution in [-0.4, -0.2) is 48.0 Å². The van der Waals surface area contributed by atoms with Gasteiger partial charge in [-0.15, -0.1) is 0 Å². The molecule has 0 aliphatic rings. The van der Waals surface area contributed by atoms with Crippen LogP contribution in [0.4, 0.5) is 0 Å². The van der Waals surface area contributed by atoms with Crippen LogP contribution in [0.2, 0.25) is 0 Å². The molecule has 9 heteroatoms. The number of ether oxygens (including phenoxy) is 1. The van der Waals surface area contributed by atoms with Crippen LogP contribution < -0.4 is 11.2 Å². The fourth-order valence-electron chi connectivity index (χ4n) is 3.67. The van der Waals surface area contributed by atoms with E-state index in [1.54, 1.807) is 17.5 Å². The number of benzene rings is 1. The van der Waals surface area contributed by atoms with Crippen molar-refractivity contribution in [1.29, 1.82) is 0 Å². The number of hydrogen-bond acceptors (Lipinski definition) is 5. The van der Waals surface area contributed by atoms with Crippen LogP contribution in [0.3, 0.4) is 0 Å². The Morgan fingerprint density at radius 1 is 1.13 bits per heavy atom. The van der Waals surface area contributed by atoms with Crippen LogP contribution in [0.1, 0.15) is 11.3 Å². The molecule has 0 atom stereocenters. The average Bonchev–Trinajstić information content (AvgIpc) is 3.28. The Morgan fingerprint density at radius 3 is 2.65 bits per heavy atom. The minimum Gasteiger partial charge on any atom is -0.394 e. The van der Waals surface area contributed by atoms with E-state index in [2.05, 4.69) is 4.98 Å². The number of nitrogens with zero attached hydrogens (tertiary/aromatic N) is 5. The third-order valence-corrected chi connectivity index (χ3v) is 5.23. The molecule has 0 saturated carbocycles. The van der Waals surface area contributed by atoms with E-state index in [4.69, 9.17) is 9.84 Å². The summed E-state index contributed by atoms with van der Waals surface area (Å²) < 4.78 is 11.6. The normalized spacial score (nSPS) is 12.0. The third-order valence-electron chi connectivity index (χ3n) is 5.23. The number of aromatic nitrogens is 5. The molecular weight excluding hydrogens is 398 g/mol. The summed E-state index contributed by atoms with van der Waals surface area (Å²) in [5.41, 5.74) is 1.83. The van der Waals surface area contributed by atoms with Crippen LogP contribution in [0.5, 0.6) is 0 Å². The van der Waals surface area contributed by atoms with Crippen molar-refractivity contribution in [3.8, 4) is 0 Å². The Morgan fingerprint density at radius 2 is 1.90 bits per heavy atom. The highest BCUT2D eigenvalue weighted by Gasteiger charge is 2.19. The van der Waals surface area contributed by atoms with Gasteiger partial charge in [0, 0.05) is 32.0 Å². The summed E-state index contributed by atoms with van der Waals surface area (Å²) in [6.07, 6.45) is 5.53. The van der Waals surface area contributed by atoms with Gasteiger partial charge in [0.2, 0.25) is 5.78 Å². The standard InChI is InChI=1S/C22H25N5O4/c1-16-15-27-18-19(23-21(27)25(16)11-13-31-14-12-28)24(2)22(30)26(20(18)29)10-6-9-17-7-4-3-5-8-17/h3-9,15,28H,10-14H2,1-2H3. The predicted octanol–water partition coefficient (Wildman–Crippen LogP) is 1.18. The smallest absolute Gasteiger partial charge is 0.332 e. The highest BCUT2D eigenvalue weighted by Crippen LogP contribution is 2.16. The molecule has 31 heavy (non-hydrogen) atoms. The van der Waals surface area contributed by atoms with Crippen LogP contribution in [0.25, 0.3) is 23.0 Å². The molecular formula is C22H25N5O4. The molecule has 3 heterocycles.